The van der Waals surface area contributed by atoms with E-state index in [4.69, 9.17) is 0 Å². The van der Waals surface area contributed by atoms with Crippen LogP contribution in [0.15, 0.2) is 36.5 Å². The molecule has 0 aliphatic carbocycles. The Bertz CT molecular complexity index is 807. The lowest BCUT2D eigenvalue weighted by atomic mass is 9.92. The lowest BCUT2D eigenvalue weighted by molar-refractivity contribution is 0.371. The summed E-state index contributed by atoms with van der Waals surface area (Å²) in [6.07, 6.45) is 4.05. The Hall–Kier alpha value is -2.15. The fraction of sp³-hybridized carbons (Fsp3) is 0.333. The van der Waals surface area contributed by atoms with Gasteiger partial charge in [-0.05, 0) is 44.5 Å². The average Bonchev–Trinajstić information content (AvgIpc) is 2.98. The molecule has 1 fully saturated rings. The summed E-state index contributed by atoms with van der Waals surface area (Å²) in [4.78, 5) is 12.7. The molecule has 1 aromatic carbocycles. The predicted molar refractivity (Wildman–Crippen MR) is 100 cm³/mol. The van der Waals surface area contributed by atoms with Crippen LogP contribution in [0.4, 0.5) is 0 Å². The van der Waals surface area contributed by atoms with Gasteiger partial charge in [0.1, 0.15) is 17.3 Å². The fourth-order valence-corrected chi connectivity index (χ4v) is 3.33. The largest absolute Gasteiger partial charge is 0.508 e. The zero-order chi connectivity index (χ0) is 15.8. The monoisotopic (exact) mass is 362 g/mol. The third-order valence-corrected chi connectivity index (χ3v) is 4.54. The fourth-order valence-electron chi connectivity index (χ4n) is 3.33. The number of aromatic nitrogens is 3. The van der Waals surface area contributed by atoms with Crippen LogP contribution >= 0.6 is 12.4 Å². The molecular weight excluding hydrogens is 340 g/mol. The van der Waals surface area contributed by atoms with Crippen LogP contribution in [0.5, 0.6) is 5.75 Å². The van der Waals surface area contributed by atoms with Gasteiger partial charge in [-0.15, -0.1) is 12.4 Å². The normalized spacial score (nSPS) is 19.9. The van der Waals surface area contributed by atoms with Crippen molar-refractivity contribution in [1.29, 1.82) is 0 Å². The van der Waals surface area contributed by atoms with Gasteiger partial charge in [-0.2, -0.15) is 0 Å². The van der Waals surface area contributed by atoms with Gasteiger partial charge in [0.05, 0.1) is 17.6 Å². The topological polar surface area (TPSA) is 105 Å². The molecule has 0 bridgehead atoms. The Morgan fingerprint density at radius 3 is 2.80 bits per heavy atom. The van der Waals surface area contributed by atoms with Gasteiger partial charge in [-0.25, -0.2) is 9.97 Å². The summed E-state index contributed by atoms with van der Waals surface area (Å²) >= 11 is 0. The summed E-state index contributed by atoms with van der Waals surface area (Å²) in [5.74, 6) is 1.76. The van der Waals surface area contributed by atoms with E-state index in [1.807, 2.05) is 24.4 Å². The molecule has 0 spiro atoms. The van der Waals surface area contributed by atoms with Gasteiger partial charge in [-0.1, -0.05) is 12.1 Å². The van der Waals surface area contributed by atoms with Crippen LogP contribution in [0, 0.1) is 0 Å². The molecule has 7 heteroatoms. The minimum Gasteiger partial charge on any atom is -0.508 e. The first-order chi connectivity index (χ1) is 11.2. The summed E-state index contributed by atoms with van der Waals surface area (Å²) in [5, 5.41) is 13.1. The number of hydrogen-bond donors (Lipinski definition) is 3. The van der Waals surface area contributed by atoms with Crippen molar-refractivity contribution in [3.05, 3.63) is 42.4 Å². The third-order valence-electron chi connectivity index (χ3n) is 4.54. The average molecular weight is 363 g/mol. The Balaban J connectivity index is 0.00000113. The van der Waals surface area contributed by atoms with E-state index >= 15 is 0 Å². The van der Waals surface area contributed by atoms with E-state index in [0.29, 0.717) is 12.0 Å². The second kappa shape index (κ2) is 7.82. The summed E-state index contributed by atoms with van der Waals surface area (Å²) in [6.45, 7) is 3.25. The van der Waals surface area contributed by atoms with Crippen molar-refractivity contribution >= 4 is 12.4 Å². The van der Waals surface area contributed by atoms with Crippen LogP contribution in [-0.4, -0.2) is 38.1 Å². The molecule has 2 unspecified atom stereocenters. The molecule has 0 saturated carbocycles. The van der Waals surface area contributed by atoms with Crippen LogP contribution in [0.2, 0.25) is 0 Å². The van der Waals surface area contributed by atoms with Crippen molar-refractivity contribution in [3.8, 4) is 28.4 Å². The maximum atomic E-state index is 9.63. The van der Waals surface area contributed by atoms with Gasteiger partial charge >= 0.3 is 0 Å². The van der Waals surface area contributed by atoms with E-state index in [9.17, 15) is 5.11 Å². The maximum absolute atomic E-state index is 9.63. The molecule has 3 heterocycles. The predicted octanol–water partition coefficient (Wildman–Crippen LogP) is 2.73. The van der Waals surface area contributed by atoms with Crippen LogP contribution < -0.4 is 5.32 Å². The molecule has 25 heavy (non-hydrogen) atoms. The van der Waals surface area contributed by atoms with Crippen LogP contribution in [0.1, 0.15) is 31.5 Å². The van der Waals surface area contributed by atoms with Crippen LogP contribution in [0.3, 0.4) is 0 Å². The number of nitrogens with one attached hydrogen (secondary N) is 2. The maximum Gasteiger partial charge on any atom is 0.116 e. The number of phenolic OH excluding ortho intramolecular Hbond substituents is 1. The molecule has 1 saturated heterocycles. The molecular formula is C18H23ClN4O2. The number of aromatic amines is 1. The van der Waals surface area contributed by atoms with Crippen LogP contribution in [-0.2, 0) is 0 Å². The van der Waals surface area contributed by atoms with Gasteiger partial charge in [0.2, 0.25) is 0 Å². The number of hydrogen-bond acceptors (Lipinski definition) is 4. The Morgan fingerprint density at radius 1 is 1.20 bits per heavy atom. The summed E-state index contributed by atoms with van der Waals surface area (Å²) < 4.78 is 0. The van der Waals surface area contributed by atoms with Crippen molar-refractivity contribution in [1.82, 2.24) is 20.3 Å². The van der Waals surface area contributed by atoms with E-state index in [0.717, 1.165) is 47.9 Å². The number of benzene rings is 1. The van der Waals surface area contributed by atoms with E-state index in [1.165, 1.54) is 0 Å². The Kier molecular flexibility index (Phi) is 6.00. The smallest absolute Gasteiger partial charge is 0.116 e. The highest BCUT2D eigenvalue weighted by Crippen LogP contribution is 2.31. The molecule has 3 aliphatic heterocycles. The highest BCUT2D eigenvalue weighted by molar-refractivity contribution is 5.85. The van der Waals surface area contributed by atoms with E-state index in [-0.39, 0.29) is 23.6 Å². The van der Waals surface area contributed by atoms with Crippen molar-refractivity contribution in [2.45, 2.75) is 31.7 Å². The summed E-state index contributed by atoms with van der Waals surface area (Å²) in [7, 11) is 0. The molecule has 1 aromatic rings. The molecule has 6 nitrogen and oxygen atoms in total. The first kappa shape index (κ1) is 19.2. The molecule has 0 aromatic heterocycles. The zero-order valence-electron chi connectivity index (χ0n) is 14.0. The van der Waals surface area contributed by atoms with E-state index in [1.54, 1.807) is 12.1 Å². The molecule has 4 rings (SSSR count). The van der Waals surface area contributed by atoms with E-state index in [2.05, 4.69) is 27.2 Å². The quantitative estimate of drug-likeness (QED) is 0.651. The SMILES string of the molecule is CC1CC(c2ncc3nc(-c4cccc(O)c4)cc-3[nH]2)CCN1.Cl.O. The van der Waals surface area contributed by atoms with Gasteiger partial charge < -0.3 is 20.9 Å². The summed E-state index contributed by atoms with van der Waals surface area (Å²) in [6, 6.07) is 9.72. The number of fused-ring (bicyclic) bond motifs is 1. The molecule has 2 atom stereocenters. The number of phenols is 1. The molecule has 5 N–H and O–H groups in total. The molecule has 3 aliphatic rings. The minimum atomic E-state index is 0. The molecule has 134 valence electrons. The second-order valence-electron chi connectivity index (χ2n) is 6.34. The lowest BCUT2D eigenvalue weighted by Crippen LogP contribution is -2.35. The van der Waals surface area contributed by atoms with Crippen molar-refractivity contribution in [2.75, 3.05) is 6.54 Å². The van der Waals surface area contributed by atoms with Crippen molar-refractivity contribution < 1.29 is 10.6 Å². The number of rotatable bonds is 2. The number of aromatic hydroxyl groups is 1. The standard InChI is InChI=1S/C18H20N4O.ClH.H2O/c1-11-7-13(5-6-19-11)18-20-10-17-16(22-18)9-15(21-17)12-3-2-4-14(23)8-12;;/h2-4,8-11,13,19,23H,5-7H2,1H3,(H,20,22);1H;1H2. The van der Waals surface area contributed by atoms with Crippen LogP contribution in [0.25, 0.3) is 22.6 Å². The number of H-pyrrole nitrogens is 1. The first-order valence-corrected chi connectivity index (χ1v) is 8.07. The third kappa shape index (κ3) is 3.92. The minimum absolute atomic E-state index is 0. The van der Waals surface area contributed by atoms with Crippen molar-refractivity contribution in [2.24, 2.45) is 0 Å². The first-order valence-electron chi connectivity index (χ1n) is 8.07. The van der Waals surface area contributed by atoms with E-state index < -0.39 is 0 Å². The van der Waals surface area contributed by atoms with Gasteiger partial charge in [0, 0.05) is 17.5 Å². The number of piperidine rings is 1. The molecule has 0 amide bonds. The Morgan fingerprint density at radius 2 is 2.04 bits per heavy atom. The van der Waals surface area contributed by atoms with Gasteiger partial charge in [0.15, 0.2) is 0 Å². The highest BCUT2D eigenvalue weighted by atomic mass is 35.5. The number of halogens is 1. The zero-order valence-corrected chi connectivity index (χ0v) is 14.8. The highest BCUT2D eigenvalue weighted by Gasteiger charge is 2.23. The number of nitrogens with zero attached hydrogens (tertiary/aromatic N) is 2. The summed E-state index contributed by atoms with van der Waals surface area (Å²) in [5.41, 5.74) is 3.62. The van der Waals surface area contributed by atoms with Gasteiger partial charge in [0.25, 0.3) is 0 Å². The van der Waals surface area contributed by atoms with Crippen molar-refractivity contribution in [3.63, 3.8) is 0 Å². The Labute approximate surface area is 152 Å². The van der Waals surface area contributed by atoms with Gasteiger partial charge in [-0.3, -0.25) is 0 Å². The second-order valence-corrected chi connectivity index (χ2v) is 6.34. The lowest BCUT2D eigenvalue weighted by Gasteiger charge is -2.27. The molecule has 0 radical (unpaired) electrons.